The molecule has 2 fully saturated rings. The highest BCUT2D eigenvalue weighted by Gasteiger charge is 2.58. The SMILES string of the molecule is CCOc1ccc(S(=O)(=O)N2CCN3C(=O)C4C=CC(C)=NC4C3(C)C2)cc1. The third-order valence-electron chi connectivity index (χ3n) is 5.87. The number of aliphatic imine (C=N–C) groups is 1. The van der Waals surface area contributed by atoms with Gasteiger partial charge in [0.2, 0.25) is 15.9 Å². The number of hydrogen-bond acceptors (Lipinski definition) is 5. The Hall–Kier alpha value is -2.19. The van der Waals surface area contributed by atoms with Gasteiger partial charge in [0.05, 0.1) is 29.0 Å². The third kappa shape index (κ3) is 2.86. The summed E-state index contributed by atoms with van der Waals surface area (Å²) in [6.45, 7) is 7.15. The normalized spacial score (nSPS) is 30.0. The molecule has 8 heteroatoms. The first-order valence-corrected chi connectivity index (χ1v) is 11.0. The number of piperazine rings is 1. The van der Waals surface area contributed by atoms with E-state index in [0.29, 0.717) is 18.9 Å². The predicted molar refractivity (Wildman–Crippen MR) is 106 cm³/mol. The summed E-state index contributed by atoms with van der Waals surface area (Å²) in [5.74, 6) is 0.376. The van der Waals surface area contributed by atoms with E-state index >= 15 is 0 Å². The van der Waals surface area contributed by atoms with Crippen molar-refractivity contribution in [2.45, 2.75) is 37.2 Å². The zero-order valence-electron chi connectivity index (χ0n) is 16.3. The van der Waals surface area contributed by atoms with Crippen LogP contribution in [0.4, 0.5) is 0 Å². The third-order valence-corrected chi connectivity index (χ3v) is 7.73. The fraction of sp³-hybridized carbons (Fsp3) is 0.500. The molecular formula is C20H25N3O4S. The molecular weight excluding hydrogens is 378 g/mol. The highest BCUT2D eigenvalue weighted by Crippen LogP contribution is 2.42. The Kier molecular flexibility index (Phi) is 4.58. The number of sulfonamides is 1. The van der Waals surface area contributed by atoms with Crippen molar-refractivity contribution >= 4 is 21.6 Å². The van der Waals surface area contributed by atoms with Gasteiger partial charge in [0.15, 0.2) is 0 Å². The summed E-state index contributed by atoms with van der Waals surface area (Å²) < 4.78 is 33.3. The van der Waals surface area contributed by atoms with Crippen LogP contribution in [-0.4, -0.2) is 67.1 Å². The number of carbonyl (C=O) groups excluding carboxylic acids is 1. The van der Waals surface area contributed by atoms with Gasteiger partial charge in [-0.15, -0.1) is 0 Å². The van der Waals surface area contributed by atoms with Crippen molar-refractivity contribution < 1.29 is 17.9 Å². The highest BCUT2D eigenvalue weighted by molar-refractivity contribution is 7.89. The van der Waals surface area contributed by atoms with Gasteiger partial charge < -0.3 is 9.64 Å². The number of benzene rings is 1. The molecule has 3 heterocycles. The maximum atomic E-state index is 13.2. The minimum absolute atomic E-state index is 0.0399. The van der Waals surface area contributed by atoms with E-state index in [1.165, 1.54) is 4.31 Å². The molecule has 0 bridgehead atoms. The van der Waals surface area contributed by atoms with Crippen LogP contribution in [0, 0.1) is 5.92 Å². The molecule has 0 radical (unpaired) electrons. The lowest BCUT2D eigenvalue weighted by molar-refractivity contribution is -0.134. The van der Waals surface area contributed by atoms with Crippen molar-refractivity contribution in [2.75, 3.05) is 26.2 Å². The summed E-state index contributed by atoms with van der Waals surface area (Å²) in [5.41, 5.74) is 0.216. The monoisotopic (exact) mass is 403 g/mol. The Bertz CT molecular complexity index is 954. The second-order valence-corrected chi connectivity index (χ2v) is 9.63. The Morgan fingerprint density at radius 1 is 1.25 bits per heavy atom. The summed E-state index contributed by atoms with van der Waals surface area (Å²) in [4.78, 5) is 19.6. The van der Waals surface area contributed by atoms with Crippen molar-refractivity contribution in [3.05, 3.63) is 36.4 Å². The Morgan fingerprint density at radius 3 is 2.64 bits per heavy atom. The molecule has 3 aliphatic rings. The van der Waals surface area contributed by atoms with Crippen LogP contribution < -0.4 is 4.74 Å². The van der Waals surface area contributed by atoms with Gasteiger partial charge in [-0.05, 0) is 51.1 Å². The number of ether oxygens (including phenoxy) is 1. The Morgan fingerprint density at radius 2 is 1.96 bits per heavy atom. The molecule has 7 nitrogen and oxygen atoms in total. The molecule has 0 N–H and O–H groups in total. The van der Waals surface area contributed by atoms with Gasteiger partial charge in [0, 0.05) is 25.3 Å². The number of nitrogens with zero attached hydrogens (tertiary/aromatic N) is 3. The second kappa shape index (κ2) is 6.70. The fourth-order valence-corrected chi connectivity index (χ4v) is 5.98. The van der Waals surface area contributed by atoms with Crippen LogP contribution in [0.2, 0.25) is 0 Å². The van der Waals surface area contributed by atoms with Crippen LogP contribution in [0.15, 0.2) is 46.3 Å². The van der Waals surface area contributed by atoms with Gasteiger partial charge in [0.1, 0.15) is 5.75 Å². The van der Waals surface area contributed by atoms with E-state index in [1.807, 2.05) is 37.8 Å². The molecule has 3 unspecified atom stereocenters. The summed E-state index contributed by atoms with van der Waals surface area (Å²) in [6.07, 6.45) is 3.78. The average Bonchev–Trinajstić information content (AvgIpc) is 2.89. The molecule has 1 aromatic rings. The van der Waals surface area contributed by atoms with Crippen LogP contribution in [0.5, 0.6) is 5.75 Å². The first kappa shape index (κ1) is 19.1. The van der Waals surface area contributed by atoms with Crippen molar-refractivity contribution in [3.63, 3.8) is 0 Å². The van der Waals surface area contributed by atoms with Crippen LogP contribution in [0.25, 0.3) is 0 Å². The van der Waals surface area contributed by atoms with Gasteiger partial charge in [-0.3, -0.25) is 9.79 Å². The summed E-state index contributed by atoms with van der Waals surface area (Å²) in [7, 11) is -3.67. The van der Waals surface area contributed by atoms with Gasteiger partial charge in [-0.2, -0.15) is 4.31 Å². The molecule has 4 rings (SSSR count). The maximum Gasteiger partial charge on any atom is 0.243 e. The molecule has 0 aliphatic carbocycles. The van der Waals surface area contributed by atoms with Crippen LogP contribution >= 0.6 is 0 Å². The smallest absolute Gasteiger partial charge is 0.243 e. The lowest BCUT2D eigenvalue weighted by atomic mass is 9.85. The molecule has 0 aromatic heterocycles. The molecule has 0 saturated carbocycles. The molecule has 1 aromatic carbocycles. The van der Waals surface area contributed by atoms with E-state index < -0.39 is 15.6 Å². The summed E-state index contributed by atoms with van der Waals surface area (Å²) >= 11 is 0. The molecule has 2 saturated heterocycles. The maximum absolute atomic E-state index is 13.2. The molecule has 1 amide bonds. The molecule has 150 valence electrons. The largest absolute Gasteiger partial charge is 0.494 e. The number of hydrogen-bond donors (Lipinski definition) is 0. The lowest BCUT2D eigenvalue weighted by Crippen LogP contribution is -2.63. The zero-order valence-corrected chi connectivity index (χ0v) is 17.1. The minimum atomic E-state index is -3.67. The van der Waals surface area contributed by atoms with Gasteiger partial charge in [-0.1, -0.05) is 6.08 Å². The number of carbonyl (C=O) groups is 1. The van der Waals surface area contributed by atoms with E-state index in [-0.39, 0.29) is 35.9 Å². The van der Waals surface area contributed by atoms with E-state index in [0.717, 1.165) is 5.71 Å². The quantitative estimate of drug-likeness (QED) is 0.767. The topological polar surface area (TPSA) is 79.3 Å². The van der Waals surface area contributed by atoms with E-state index in [4.69, 9.17) is 9.73 Å². The van der Waals surface area contributed by atoms with Gasteiger partial charge in [-0.25, -0.2) is 8.42 Å². The van der Waals surface area contributed by atoms with Crippen molar-refractivity contribution in [1.29, 1.82) is 0 Å². The molecule has 0 spiro atoms. The number of dihydropyridines is 1. The molecule has 3 aliphatic heterocycles. The van der Waals surface area contributed by atoms with Crippen LogP contribution in [-0.2, 0) is 14.8 Å². The van der Waals surface area contributed by atoms with E-state index in [9.17, 15) is 13.2 Å². The minimum Gasteiger partial charge on any atom is -0.494 e. The summed E-state index contributed by atoms with van der Waals surface area (Å²) in [6, 6.07) is 6.22. The van der Waals surface area contributed by atoms with Gasteiger partial charge >= 0.3 is 0 Å². The van der Waals surface area contributed by atoms with E-state index in [2.05, 4.69) is 0 Å². The number of rotatable bonds is 4. The zero-order chi connectivity index (χ0) is 20.1. The lowest BCUT2D eigenvalue weighted by Gasteiger charge is -2.46. The highest BCUT2D eigenvalue weighted by atomic mass is 32.2. The van der Waals surface area contributed by atoms with Crippen molar-refractivity contribution in [1.82, 2.24) is 9.21 Å². The Labute approximate surface area is 165 Å². The fourth-order valence-electron chi connectivity index (χ4n) is 4.45. The Balaban J connectivity index is 1.63. The van der Waals surface area contributed by atoms with E-state index in [1.54, 1.807) is 24.3 Å². The standard InChI is InChI=1S/C20H25N3O4S/c1-4-27-15-6-8-16(9-7-15)28(25,26)22-11-12-23-19(24)17-10-5-14(2)21-18(17)20(23,3)13-22/h5-10,17-18H,4,11-13H2,1-3H3. The molecule has 28 heavy (non-hydrogen) atoms. The van der Waals surface area contributed by atoms with Crippen LogP contribution in [0.3, 0.4) is 0 Å². The van der Waals surface area contributed by atoms with Crippen LogP contribution in [0.1, 0.15) is 20.8 Å². The number of fused-ring (bicyclic) bond motifs is 3. The predicted octanol–water partition coefficient (Wildman–Crippen LogP) is 1.71. The second-order valence-electron chi connectivity index (χ2n) is 7.69. The van der Waals surface area contributed by atoms with Crippen molar-refractivity contribution in [2.24, 2.45) is 10.9 Å². The average molecular weight is 404 g/mol. The first-order valence-electron chi connectivity index (χ1n) is 9.54. The molecule has 3 atom stereocenters. The summed E-state index contributed by atoms with van der Waals surface area (Å²) in [5, 5.41) is 0. The first-order chi connectivity index (χ1) is 13.3. The van der Waals surface area contributed by atoms with Crippen molar-refractivity contribution in [3.8, 4) is 5.75 Å². The van der Waals surface area contributed by atoms with Gasteiger partial charge in [0.25, 0.3) is 0 Å². The number of amides is 1. The number of allylic oxidation sites excluding steroid dienone is 1.